The second kappa shape index (κ2) is 4.63. The zero-order valence-corrected chi connectivity index (χ0v) is 9.28. The van der Waals surface area contributed by atoms with Crippen LogP contribution in [0.25, 0.3) is 0 Å². The molecule has 2 nitrogen and oxygen atoms in total. The monoisotopic (exact) mass is 197 g/mol. The predicted octanol–water partition coefficient (Wildman–Crippen LogP) is 2.02. The van der Waals surface area contributed by atoms with Crippen molar-refractivity contribution >= 4 is 0 Å². The normalized spacial score (nSPS) is 35.6. The SMILES string of the molecule is CCCC1CN(C2CCCCC2O)C1. The summed E-state index contributed by atoms with van der Waals surface area (Å²) in [5.74, 6) is 0.925. The van der Waals surface area contributed by atoms with Crippen LogP contribution >= 0.6 is 0 Å². The molecule has 2 unspecified atom stereocenters. The van der Waals surface area contributed by atoms with Gasteiger partial charge in [-0.15, -0.1) is 0 Å². The van der Waals surface area contributed by atoms with Gasteiger partial charge in [0.05, 0.1) is 6.10 Å². The van der Waals surface area contributed by atoms with Gasteiger partial charge in [-0.3, -0.25) is 4.90 Å². The van der Waals surface area contributed by atoms with E-state index in [1.165, 1.54) is 45.2 Å². The van der Waals surface area contributed by atoms with E-state index in [1.807, 2.05) is 0 Å². The van der Waals surface area contributed by atoms with Gasteiger partial charge in [0.25, 0.3) is 0 Å². The largest absolute Gasteiger partial charge is 0.391 e. The number of nitrogens with zero attached hydrogens (tertiary/aromatic N) is 1. The molecular formula is C12H23NO. The van der Waals surface area contributed by atoms with E-state index in [2.05, 4.69) is 11.8 Å². The van der Waals surface area contributed by atoms with Crippen molar-refractivity contribution in [1.82, 2.24) is 4.90 Å². The fourth-order valence-electron chi connectivity index (χ4n) is 2.99. The average molecular weight is 197 g/mol. The van der Waals surface area contributed by atoms with Crippen LogP contribution in [0.5, 0.6) is 0 Å². The maximum Gasteiger partial charge on any atom is 0.0695 e. The lowest BCUT2D eigenvalue weighted by Gasteiger charge is -2.47. The van der Waals surface area contributed by atoms with Crippen molar-refractivity contribution in [2.75, 3.05) is 13.1 Å². The summed E-state index contributed by atoms with van der Waals surface area (Å²) < 4.78 is 0. The van der Waals surface area contributed by atoms with Gasteiger partial charge >= 0.3 is 0 Å². The molecule has 1 saturated carbocycles. The van der Waals surface area contributed by atoms with Gasteiger partial charge in [-0.25, -0.2) is 0 Å². The lowest BCUT2D eigenvalue weighted by Crippen LogP contribution is -2.56. The first-order valence-electron chi connectivity index (χ1n) is 6.23. The van der Waals surface area contributed by atoms with Crippen molar-refractivity contribution in [1.29, 1.82) is 0 Å². The van der Waals surface area contributed by atoms with Crippen LogP contribution in [0.4, 0.5) is 0 Å². The molecule has 1 saturated heterocycles. The van der Waals surface area contributed by atoms with Crippen LogP contribution in [0.2, 0.25) is 0 Å². The molecule has 82 valence electrons. The fourth-order valence-corrected chi connectivity index (χ4v) is 2.99. The van der Waals surface area contributed by atoms with E-state index in [0.717, 1.165) is 12.3 Å². The van der Waals surface area contributed by atoms with Crippen molar-refractivity contribution in [2.24, 2.45) is 5.92 Å². The summed E-state index contributed by atoms with van der Waals surface area (Å²) in [6.07, 6.45) is 7.44. The van der Waals surface area contributed by atoms with E-state index in [0.29, 0.717) is 6.04 Å². The lowest BCUT2D eigenvalue weighted by molar-refractivity contribution is -0.0376. The van der Waals surface area contributed by atoms with E-state index in [4.69, 9.17) is 0 Å². The standard InChI is InChI=1S/C12H23NO/c1-2-5-10-8-13(9-10)11-6-3-4-7-12(11)14/h10-12,14H,2-9H2,1H3. The minimum Gasteiger partial charge on any atom is -0.391 e. The van der Waals surface area contributed by atoms with Crippen LogP contribution in [0.1, 0.15) is 45.4 Å². The van der Waals surface area contributed by atoms with E-state index in [-0.39, 0.29) is 6.10 Å². The number of hydrogen-bond donors (Lipinski definition) is 1. The second-order valence-electron chi connectivity index (χ2n) is 5.03. The van der Waals surface area contributed by atoms with Gasteiger partial charge in [-0.2, -0.15) is 0 Å². The molecule has 0 radical (unpaired) electrons. The summed E-state index contributed by atoms with van der Waals surface area (Å²) in [7, 11) is 0. The Labute approximate surface area is 87.3 Å². The molecule has 1 heterocycles. The smallest absolute Gasteiger partial charge is 0.0695 e. The van der Waals surface area contributed by atoms with Gasteiger partial charge < -0.3 is 5.11 Å². The molecule has 2 atom stereocenters. The van der Waals surface area contributed by atoms with Crippen molar-refractivity contribution < 1.29 is 5.11 Å². The van der Waals surface area contributed by atoms with Crippen molar-refractivity contribution in [3.63, 3.8) is 0 Å². The minimum absolute atomic E-state index is 0.0358. The molecule has 0 amide bonds. The summed E-state index contributed by atoms with van der Waals surface area (Å²) in [4.78, 5) is 2.50. The third-order valence-electron chi connectivity index (χ3n) is 3.85. The Kier molecular flexibility index (Phi) is 3.45. The Hall–Kier alpha value is -0.0800. The number of aliphatic hydroxyl groups excluding tert-OH is 1. The van der Waals surface area contributed by atoms with Crippen LogP contribution in [-0.2, 0) is 0 Å². The van der Waals surface area contributed by atoms with Gasteiger partial charge in [0.2, 0.25) is 0 Å². The number of likely N-dealkylation sites (tertiary alicyclic amines) is 1. The van der Waals surface area contributed by atoms with Crippen molar-refractivity contribution in [2.45, 2.75) is 57.6 Å². The highest BCUT2D eigenvalue weighted by molar-refractivity contribution is 4.90. The molecular weight excluding hydrogens is 174 g/mol. The van der Waals surface area contributed by atoms with Crippen molar-refractivity contribution in [3.05, 3.63) is 0 Å². The molecule has 14 heavy (non-hydrogen) atoms. The first kappa shape index (κ1) is 10.4. The first-order chi connectivity index (χ1) is 6.81. The number of rotatable bonds is 3. The topological polar surface area (TPSA) is 23.5 Å². The summed E-state index contributed by atoms with van der Waals surface area (Å²) >= 11 is 0. The molecule has 1 N–H and O–H groups in total. The molecule has 0 aromatic rings. The molecule has 0 bridgehead atoms. The summed E-state index contributed by atoms with van der Waals surface area (Å²) in [6, 6.07) is 0.497. The molecule has 0 aromatic heterocycles. The maximum absolute atomic E-state index is 9.88. The average Bonchev–Trinajstić information content (AvgIpc) is 2.12. The summed E-state index contributed by atoms with van der Waals surface area (Å²) in [6.45, 7) is 4.75. The van der Waals surface area contributed by atoms with Crippen LogP contribution in [0.15, 0.2) is 0 Å². The molecule has 0 spiro atoms. The highest BCUT2D eigenvalue weighted by Gasteiger charge is 2.36. The predicted molar refractivity (Wildman–Crippen MR) is 58.2 cm³/mol. The molecule has 2 rings (SSSR count). The summed E-state index contributed by atoms with van der Waals surface area (Å²) in [5, 5.41) is 9.88. The fraction of sp³-hybridized carbons (Fsp3) is 1.00. The Morgan fingerprint density at radius 1 is 1.21 bits per heavy atom. The lowest BCUT2D eigenvalue weighted by atomic mass is 9.86. The van der Waals surface area contributed by atoms with Crippen LogP contribution in [0, 0.1) is 5.92 Å². The van der Waals surface area contributed by atoms with E-state index in [1.54, 1.807) is 0 Å². The van der Waals surface area contributed by atoms with Gasteiger partial charge in [0.1, 0.15) is 0 Å². The second-order valence-corrected chi connectivity index (χ2v) is 5.03. The quantitative estimate of drug-likeness (QED) is 0.748. The molecule has 2 heteroatoms. The molecule has 2 fully saturated rings. The summed E-state index contributed by atoms with van der Waals surface area (Å²) in [5.41, 5.74) is 0. The molecule has 0 aromatic carbocycles. The first-order valence-corrected chi connectivity index (χ1v) is 6.23. The van der Waals surface area contributed by atoms with Crippen LogP contribution in [0.3, 0.4) is 0 Å². The minimum atomic E-state index is -0.0358. The molecule has 2 aliphatic rings. The van der Waals surface area contributed by atoms with E-state index >= 15 is 0 Å². The van der Waals surface area contributed by atoms with Gasteiger partial charge in [0, 0.05) is 19.1 Å². The molecule has 1 aliphatic carbocycles. The van der Waals surface area contributed by atoms with Crippen LogP contribution < -0.4 is 0 Å². The Morgan fingerprint density at radius 3 is 2.57 bits per heavy atom. The Bertz CT molecular complexity index is 177. The third kappa shape index (κ3) is 2.12. The van der Waals surface area contributed by atoms with E-state index in [9.17, 15) is 5.11 Å². The number of hydrogen-bond acceptors (Lipinski definition) is 2. The number of aliphatic hydroxyl groups is 1. The zero-order chi connectivity index (χ0) is 9.97. The highest BCUT2D eigenvalue weighted by Crippen LogP contribution is 2.30. The maximum atomic E-state index is 9.88. The van der Waals surface area contributed by atoms with Crippen molar-refractivity contribution in [3.8, 4) is 0 Å². The van der Waals surface area contributed by atoms with E-state index < -0.39 is 0 Å². The third-order valence-corrected chi connectivity index (χ3v) is 3.85. The molecule has 1 aliphatic heterocycles. The Balaban J connectivity index is 1.74. The van der Waals surface area contributed by atoms with Crippen LogP contribution in [-0.4, -0.2) is 35.2 Å². The highest BCUT2D eigenvalue weighted by atomic mass is 16.3. The van der Waals surface area contributed by atoms with Gasteiger partial charge in [-0.05, 0) is 25.2 Å². The van der Waals surface area contributed by atoms with Gasteiger partial charge in [0.15, 0.2) is 0 Å². The zero-order valence-electron chi connectivity index (χ0n) is 9.28. The van der Waals surface area contributed by atoms with Gasteiger partial charge in [-0.1, -0.05) is 26.2 Å². The Morgan fingerprint density at radius 2 is 1.93 bits per heavy atom.